The van der Waals surface area contributed by atoms with E-state index in [2.05, 4.69) is 10.4 Å². The number of benzene rings is 1. The lowest BCUT2D eigenvalue weighted by molar-refractivity contribution is -0.119. The summed E-state index contributed by atoms with van der Waals surface area (Å²) in [5.41, 5.74) is 1.56. The molecular weight excluding hydrogens is 307 g/mol. The van der Waals surface area contributed by atoms with Crippen molar-refractivity contribution >= 4 is 11.6 Å². The lowest BCUT2D eigenvalue weighted by Crippen LogP contribution is -2.42. The Morgan fingerprint density at radius 1 is 1.42 bits per heavy atom. The molecule has 0 radical (unpaired) electrons. The van der Waals surface area contributed by atoms with Gasteiger partial charge in [0.1, 0.15) is 5.82 Å². The average Bonchev–Trinajstić information content (AvgIpc) is 3.13. The molecule has 3 rings (SSSR count). The summed E-state index contributed by atoms with van der Waals surface area (Å²) < 4.78 is 15.4. The molecule has 5 nitrogen and oxygen atoms in total. The minimum Gasteiger partial charge on any atom is -0.308 e. The summed E-state index contributed by atoms with van der Waals surface area (Å²) in [5.74, 6) is -0.0786. The number of nitrogens with zero attached hydrogens (tertiary/aromatic N) is 3. The minimum atomic E-state index is -0.180. The third-order valence-corrected chi connectivity index (χ3v) is 4.50. The van der Waals surface area contributed by atoms with E-state index >= 15 is 0 Å². The summed E-state index contributed by atoms with van der Waals surface area (Å²) in [6.45, 7) is 2.74. The van der Waals surface area contributed by atoms with Crippen LogP contribution in [0.25, 0.3) is 0 Å². The lowest BCUT2D eigenvalue weighted by Gasteiger charge is -2.19. The summed E-state index contributed by atoms with van der Waals surface area (Å²) in [6.07, 6.45) is 5.78. The van der Waals surface area contributed by atoms with Crippen molar-refractivity contribution in [1.29, 1.82) is 0 Å². The Labute approximate surface area is 141 Å². The van der Waals surface area contributed by atoms with E-state index in [4.69, 9.17) is 0 Å². The Morgan fingerprint density at radius 2 is 2.21 bits per heavy atom. The highest BCUT2D eigenvalue weighted by Crippen LogP contribution is 2.21. The van der Waals surface area contributed by atoms with Crippen LogP contribution in [-0.4, -0.2) is 34.3 Å². The fourth-order valence-corrected chi connectivity index (χ4v) is 3.14. The predicted molar refractivity (Wildman–Crippen MR) is 91.3 cm³/mol. The van der Waals surface area contributed by atoms with Gasteiger partial charge in [0.25, 0.3) is 0 Å². The van der Waals surface area contributed by atoms with Gasteiger partial charge in [0.2, 0.25) is 5.91 Å². The van der Waals surface area contributed by atoms with E-state index < -0.39 is 0 Å². The Bertz CT molecular complexity index is 715. The molecule has 0 aliphatic carbocycles. The molecule has 24 heavy (non-hydrogen) atoms. The Kier molecular flexibility index (Phi) is 4.94. The Morgan fingerprint density at radius 3 is 2.92 bits per heavy atom. The molecule has 128 valence electrons. The number of aromatic nitrogens is 2. The molecule has 1 fully saturated rings. The van der Waals surface area contributed by atoms with E-state index in [1.54, 1.807) is 21.8 Å². The van der Waals surface area contributed by atoms with Crippen LogP contribution < -0.4 is 10.2 Å². The number of rotatable bonds is 6. The third kappa shape index (κ3) is 3.64. The molecular formula is C18H23FN4O. The van der Waals surface area contributed by atoms with Gasteiger partial charge in [0, 0.05) is 25.8 Å². The SMILES string of the molecule is C[C@@H](CCc1ccccc1F)N[C@@H]1CCN(c2cnn(C)c2)C1=O. The van der Waals surface area contributed by atoms with Crippen LogP contribution in [0.2, 0.25) is 0 Å². The molecule has 2 atom stereocenters. The smallest absolute Gasteiger partial charge is 0.244 e. The quantitative estimate of drug-likeness (QED) is 0.884. The summed E-state index contributed by atoms with van der Waals surface area (Å²) in [5, 5.41) is 7.50. The van der Waals surface area contributed by atoms with Crippen molar-refractivity contribution in [3.63, 3.8) is 0 Å². The number of hydrogen-bond acceptors (Lipinski definition) is 3. The fourth-order valence-electron chi connectivity index (χ4n) is 3.14. The number of anilines is 1. The molecule has 1 aliphatic heterocycles. The first-order valence-corrected chi connectivity index (χ1v) is 8.34. The van der Waals surface area contributed by atoms with E-state index in [-0.39, 0.29) is 23.8 Å². The molecule has 0 unspecified atom stereocenters. The standard InChI is InChI=1S/C18H23FN4O/c1-13(7-8-14-5-3-4-6-16(14)19)21-17-9-10-23(18(17)24)15-11-20-22(2)12-15/h3-6,11-13,17,21H,7-10H2,1-2H3/t13-,17+/m0/s1. The highest BCUT2D eigenvalue weighted by Gasteiger charge is 2.33. The predicted octanol–water partition coefficient (Wildman–Crippen LogP) is 2.28. The van der Waals surface area contributed by atoms with Gasteiger partial charge in [0.15, 0.2) is 0 Å². The van der Waals surface area contributed by atoms with Crippen LogP contribution in [0.3, 0.4) is 0 Å². The monoisotopic (exact) mass is 330 g/mol. The number of halogens is 1. The van der Waals surface area contributed by atoms with Crippen LogP contribution in [-0.2, 0) is 18.3 Å². The fraction of sp³-hybridized carbons (Fsp3) is 0.444. The molecule has 1 aromatic heterocycles. The zero-order chi connectivity index (χ0) is 17.1. The third-order valence-electron chi connectivity index (χ3n) is 4.50. The second-order valence-corrected chi connectivity index (χ2v) is 6.40. The van der Waals surface area contributed by atoms with Crippen LogP contribution >= 0.6 is 0 Å². The zero-order valence-corrected chi connectivity index (χ0v) is 14.1. The molecule has 2 aromatic rings. The zero-order valence-electron chi connectivity index (χ0n) is 14.1. The molecule has 0 bridgehead atoms. The maximum absolute atomic E-state index is 13.7. The number of aryl methyl sites for hydroxylation is 2. The second kappa shape index (κ2) is 7.13. The van der Waals surface area contributed by atoms with Crippen molar-refractivity contribution in [1.82, 2.24) is 15.1 Å². The molecule has 1 aromatic carbocycles. The van der Waals surface area contributed by atoms with E-state index in [0.717, 1.165) is 24.1 Å². The van der Waals surface area contributed by atoms with Gasteiger partial charge in [-0.3, -0.25) is 9.48 Å². The molecule has 0 saturated carbocycles. The van der Waals surface area contributed by atoms with Crippen molar-refractivity contribution in [2.24, 2.45) is 7.05 Å². The number of carbonyl (C=O) groups excluding carboxylic acids is 1. The van der Waals surface area contributed by atoms with Gasteiger partial charge in [-0.05, 0) is 37.8 Å². The molecule has 1 N–H and O–H groups in total. The Balaban J connectivity index is 1.53. The number of carbonyl (C=O) groups is 1. The first-order valence-electron chi connectivity index (χ1n) is 8.34. The average molecular weight is 330 g/mol. The van der Waals surface area contributed by atoms with Gasteiger partial charge in [-0.1, -0.05) is 18.2 Å². The van der Waals surface area contributed by atoms with Crippen LogP contribution in [0.15, 0.2) is 36.7 Å². The van der Waals surface area contributed by atoms with E-state index in [9.17, 15) is 9.18 Å². The van der Waals surface area contributed by atoms with Gasteiger partial charge < -0.3 is 10.2 Å². The molecule has 2 heterocycles. The first-order chi connectivity index (χ1) is 11.5. The van der Waals surface area contributed by atoms with Gasteiger partial charge >= 0.3 is 0 Å². The van der Waals surface area contributed by atoms with E-state index in [1.165, 1.54) is 6.07 Å². The first kappa shape index (κ1) is 16.6. The molecule has 1 amide bonds. The lowest BCUT2D eigenvalue weighted by atomic mass is 10.0. The van der Waals surface area contributed by atoms with Crippen molar-refractivity contribution in [3.05, 3.63) is 48.0 Å². The normalized spacial score (nSPS) is 19.0. The van der Waals surface area contributed by atoms with Gasteiger partial charge in [-0.2, -0.15) is 5.10 Å². The van der Waals surface area contributed by atoms with Gasteiger partial charge in [0.05, 0.1) is 17.9 Å². The van der Waals surface area contributed by atoms with Crippen molar-refractivity contribution in [2.75, 3.05) is 11.4 Å². The maximum atomic E-state index is 13.7. The van der Waals surface area contributed by atoms with Gasteiger partial charge in [-0.25, -0.2) is 4.39 Å². The minimum absolute atomic E-state index is 0.0840. The van der Waals surface area contributed by atoms with Crippen LogP contribution in [0.5, 0.6) is 0 Å². The van der Waals surface area contributed by atoms with Crippen LogP contribution in [0, 0.1) is 5.82 Å². The van der Waals surface area contributed by atoms with Crippen molar-refractivity contribution in [2.45, 2.75) is 38.3 Å². The van der Waals surface area contributed by atoms with Gasteiger partial charge in [-0.15, -0.1) is 0 Å². The van der Waals surface area contributed by atoms with Crippen LogP contribution in [0.1, 0.15) is 25.3 Å². The van der Waals surface area contributed by atoms with E-state index in [0.29, 0.717) is 13.0 Å². The summed E-state index contributed by atoms with van der Waals surface area (Å²) in [7, 11) is 1.84. The summed E-state index contributed by atoms with van der Waals surface area (Å²) in [4.78, 5) is 14.3. The largest absolute Gasteiger partial charge is 0.308 e. The molecule has 1 aliphatic rings. The Hall–Kier alpha value is -2.21. The molecule has 1 saturated heterocycles. The maximum Gasteiger partial charge on any atom is 0.244 e. The topological polar surface area (TPSA) is 50.2 Å². The van der Waals surface area contributed by atoms with Crippen molar-refractivity contribution < 1.29 is 9.18 Å². The summed E-state index contributed by atoms with van der Waals surface area (Å²) in [6, 6.07) is 6.81. The number of nitrogens with one attached hydrogen (secondary N) is 1. The number of amides is 1. The van der Waals surface area contributed by atoms with E-state index in [1.807, 2.05) is 32.3 Å². The van der Waals surface area contributed by atoms with Crippen LogP contribution in [0.4, 0.5) is 10.1 Å². The molecule has 0 spiro atoms. The number of hydrogen-bond donors (Lipinski definition) is 1. The highest BCUT2D eigenvalue weighted by atomic mass is 19.1. The van der Waals surface area contributed by atoms with Crippen molar-refractivity contribution in [3.8, 4) is 0 Å². The summed E-state index contributed by atoms with van der Waals surface area (Å²) >= 11 is 0. The molecule has 6 heteroatoms. The second-order valence-electron chi connectivity index (χ2n) is 6.40. The highest BCUT2D eigenvalue weighted by molar-refractivity contribution is 5.99.